The molecule has 37 heavy (non-hydrogen) atoms. The van der Waals surface area contributed by atoms with Crippen LogP contribution in [0, 0.1) is 6.92 Å². The first kappa shape index (κ1) is 25.9. The van der Waals surface area contributed by atoms with Gasteiger partial charge in [-0.25, -0.2) is 15.8 Å². The minimum Gasteiger partial charge on any atom is -0.381 e. The normalized spacial score (nSPS) is 12.7. The maximum absolute atomic E-state index is 13.3. The molecule has 2 atom stereocenters. The van der Waals surface area contributed by atoms with Gasteiger partial charge in [0.2, 0.25) is 0 Å². The van der Waals surface area contributed by atoms with E-state index in [0.717, 1.165) is 34.9 Å². The van der Waals surface area contributed by atoms with Gasteiger partial charge in [0.1, 0.15) is 0 Å². The number of imidazole rings is 1. The monoisotopic (exact) mass is 500 g/mol. The number of amides is 2. The van der Waals surface area contributed by atoms with Gasteiger partial charge in [0.15, 0.2) is 6.10 Å². The minimum atomic E-state index is -1.64. The highest BCUT2D eigenvalue weighted by Gasteiger charge is 2.32. The Bertz CT molecular complexity index is 1380. The molecular weight excluding hydrogens is 468 g/mol. The molecule has 4 rings (SSSR count). The number of aliphatic hydroxyl groups is 1. The number of fused-ring (bicyclic) bond motifs is 1. The van der Waals surface area contributed by atoms with Crippen LogP contribution < -0.4 is 21.1 Å². The highest BCUT2D eigenvalue weighted by molar-refractivity contribution is 5.99. The van der Waals surface area contributed by atoms with Crippen molar-refractivity contribution in [2.45, 2.75) is 32.9 Å². The van der Waals surface area contributed by atoms with Crippen LogP contribution in [0.1, 0.15) is 41.4 Å². The Hall–Kier alpha value is -4.21. The molecule has 192 valence electrons. The summed E-state index contributed by atoms with van der Waals surface area (Å²) in [5.41, 5.74) is 4.75. The Morgan fingerprint density at radius 3 is 2.41 bits per heavy atom. The molecule has 0 saturated carbocycles. The summed E-state index contributed by atoms with van der Waals surface area (Å²) in [6.45, 7) is 7.76. The Morgan fingerprint density at radius 2 is 1.73 bits per heavy atom. The first-order chi connectivity index (χ1) is 17.8. The Morgan fingerprint density at radius 1 is 1.03 bits per heavy atom. The van der Waals surface area contributed by atoms with E-state index in [1.54, 1.807) is 42.7 Å². The smallest absolute Gasteiger partial charge is 0.272 e. The Kier molecular flexibility index (Phi) is 7.86. The van der Waals surface area contributed by atoms with Crippen molar-refractivity contribution < 1.29 is 14.7 Å². The van der Waals surface area contributed by atoms with E-state index in [2.05, 4.69) is 34.0 Å². The molecule has 0 fully saturated rings. The predicted octanol–water partition coefficient (Wildman–Crippen LogP) is 3.46. The Balaban J connectivity index is 1.59. The van der Waals surface area contributed by atoms with Crippen molar-refractivity contribution in [3.8, 4) is 0 Å². The number of H-pyrrole nitrogens is 1. The van der Waals surface area contributed by atoms with Crippen molar-refractivity contribution >= 4 is 34.2 Å². The zero-order valence-corrected chi connectivity index (χ0v) is 21.2. The molecule has 1 heterocycles. The summed E-state index contributed by atoms with van der Waals surface area (Å²) in [7, 11) is 0. The number of carbonyl (C=O) groups is 2. The van der Waals surface area contributed by atoms with Gasteiger partial charge in [0.25, 0.3) is 11.8 Å². The molecule has 9 heteroatoms. The number of hydrogen-bond donors (Lipinski definition) is 4. The van der Waals surface area contributed by atoms with Gasteiger partial charge in [-0.3, -0.25) is 9.59 Å². The first-order valence-corrected chi connectivity index (χ1v) is 12.2. The highest BCUT2D eigenvalue weighted by Crippen LogP contribution is 2.24. The fraction of sp³-hybridized carbons (Fsp3) is 0.250. The number of rotatable bonds is 9. The maximum Gasteiger partial charge on any atom is 0.272 e. The number of nitrogens with zero attached hydrogens (tertiary/aromatic N) is 3. The molecule has 0 aliphatic heterocycles. The van der Waals surface area contributed by atoms with E-state index < -0.39 is 24.0 Å². The van der Waals surface area contributed by atoms with Gasteiger partial charge >= 0.3 is 0 Å². The summed E-state index contributed by atoms with van der Waals surface area (Å²) in [5.74, 6) is 4.96. The number of aryl methyl sites for hydroxylation is 1. The van der Waals surface area contributed by atoms with Crippen LogP contribution in [0.15, 0.2) is 73.1 Å². The molecule has 2 amide bonds. The van der Waals surface area contributed by atoms with Crippen LogP contribution >= 0.6 is 0 Å². The van der Waals surface area contributed by atoms with Crippen LogP contribution in [0.5, 0.6) is 0 Å². The molecule has 0 aliphatic rings. The van der Waals surface area contributed by atoms with Crippen LogP contribution in [0.2, 0.25) is 0 Å². The lowest BCUT2D eigenvalue weighted by atomic mass is 9.98. The van der Waals surface area contributed by atoms with Crippen molar-refractivity contribution in [3.63, 3.8) is 0 Å². The molecule has 0 saturated heterocycles. The molecule has 0 radical (unpaired) electrons. The second-order valence-electron chi connectivity index (χ2n) is 8.84. The number of nitrogens with two attached hydrogens (primary N) is 1. The molecule has 9 nitrogen and oxygen atoms in total. The van der Waals surface area contributed by atoms with Crippen LogP contribution in [-0.2, 0) is 4.79 Å². The maximum atomic E-state index is 13.3. The largest absolute Gasteiger partial charge is 0.381 e. The zero-order valence-electron chi connectivity index (χ0n) is 21.2. The van der Waals surface area contributed by atoms with E-state index in [4.69, 9.17) is 5.84 Å². The lowest BCUT2D eigenvalue weighted by Gasteiger charge is -2.28. The number of aliphatic hydroxyl groups excluding tert-OH is 1. The topological polar surface area (TPSA) is 128 Å². The third-order valence-corrected chi connectivity index (χ3v) is 6.43. The molecule has 0 spiro atoms. The van der Waals surface area contributed by atoms with Gasteiger partial charge in [-0.2, -0.15) is 0 Å². The minimum absolute atomic E-state index is 0.377. The van der Waals surface area contributed by atoms with Gasteiger partial charge in [-0.1, -0.05) is 29.8 Å². The number of aromatic amines is 1. The number of benzene rings is 3. The van der Waals surface area contributed by atoms with Crippen LogP contribution in [0.3, 0.4) is 0 Å². The molecule has 2 unspecified atom stereocenters. The van der Waals surface area contributed by atoms with E-state index in [0.29, 0.717) is 22.3 Å². The molecular formula is C28H32N6O3. The first-order valence-electron chi connectivity index (χ1n) is 12.2. The van der Waals surface area contributed by atoms with Gasteiger partial charge in [-0.05, 0) is 68.8 Å². The number of anilines is 2. The molecule has 4 aromatic rings. The molecule has 0 aliphatic carbocycles. The van der Waals surface area contributed by atoms with Gasteiger partial charge in [0.05, 0.1) is 29.1 Å². The quantitative estimate of drug-likeness (QED) is 0.158. The lowest BCUT2D eigenvalue weighted by Crippen LogP contribution is -2.50. The van der Waals surface area contributed by atoms with E-state index in [-0.39, 0.29) is 0 Å². The number of aromatic nitrogens is 2. The fourth-order valence-corrected chi connectivity index (χ4v) is 4.33. The van der Waals surface area contributed by atoms with Crippen molar-refractivity contribution in [1.29, 1.82) is 0 Å². The molecule has 5 N–H and O–H groups in total. The van der Waals surface area contributed by atoms with E-state index in [9.17, 15) is 14.7 Å². The van der Waals surface area contributed by atoms with Crippen molar-refractivity contribution in [3.05, 3.63) is 89.7 Å². The number of hydrazine groups is 1. The van der Waals surface area contributed by atoms with Gasteiger partial charge in [-0.15, -0.1) is 0 Å². The van der Waals surface area contributed by atoms with Crippen LogP contribution in [0.4, 0.5) is 11.4 Å². The fourth-order valence-electron chi connectivity index (χ4n) is 4.33. The second-order valence-corrected chi connectivity index (χ2v) is 8.84. The van der Waals surface area contributed by atoms with Gasteiger partial charge < -0.3 is 20.3 Å². The van der Waals surface area contributed by atoms with Crippen molar-refractivity contribution in [2.24, 2.45) is 5.84 Å². The Labute approximate surface area is 215 Å². The lowest BCUT2D eigenvalue weighted by molar-refractivity contribution is -0.128. The summed E-state index contributed by atoms with van der Waals surface area (Å²) in [6, 6.07) is 18.6. The standard InChI is InChI=1S/C28H32N6O3/c1-4-33(5-2)21-11-9-19(10-12-21)27(36)32-25(20-8-6-7-18(3)15-20)26(35)28(37)34(29)22-13-14-23-24(16-22)31-17-30-23/h6-17,25-26,35H,4-5,29H2,1-3H3,(H,30,31)(H,32,36). The van der Waals surface area contributed by atoms with Crippen molar-refractivity contribution in [2.75, 3.05) is 23.0 Å². The van der Waals surface area contributed by atoms with Crippen molar-refractivity contribution in [1.82, 2.24) is 15.3 Å². The molecule has 1 aromatic heterocycles. The van der Waals surface area contributed by atoms with E-state index in [1.165, 1.54) is 0 Å². The SMILES string of the molecule is CCN(CC)c1ccc(C(=O)NC(c2cccc(C)c2)C(O)C(=O)N(N)c2ccc3nc[nH]c3c2)cc1. The predicted molar refractivity (Wildman–Crippen MR) is 145 cm³/mol. The zero-order chi connectivity index (χ0) is 26.5. The van der Waals surface area contributed by atoms with Gasteiger partial charge in [0, 0.05) is 24.3 Å². The molecule has 0 bridgehead atoms. The number of hydrogen-bond acceptors (Lipinski definition) is 6. The third kappa shape index (κ3) is 5.63. The average molecular weight is 501 g/mol. The second kappa shape index (κ2) is 11.2. The summed E-state index contributed by atoms with van der Waals surface area (Å²) in [5, 5.41) is 14.9. The van der Waals surface area contributed by atoms with Crippen LogP contribution in [-0.4, -0.2) is 46.1 Å². The van der Waals surface area contributed by atoms with E-state index >= 15 is 0 Å². The molecule has 3 aromatic carbocycles. The van der Waals surface area contributed by atoms with E-state index in [1.807, 2.05) is 37.3 Å². The number of carbonyl (C=O) groups excluding carboxylic acids is 2. The number of nitrogens with one attached hydrogen (secondary N) is 2. The summed E-state index contributed by atoms with van der Waals surface area (Å²) in [6.07, 6.45) is -0.0905. The third-order valence-electron chi connectivity index (χ3n) is 6.43. The average Bonchev–Trinajstić information content (AvgIpc) is 3.39. The highest BCUT2D eigenvalue weighted by atomic mass is 16.3. The summed E-state index contributed by atoms with van der Waals surface area (Å²) < 4.78 is 0. The van der Waals surface area contributed by atoms with Crippen LogP contribution in [0.25, 0.3) is 11.0 Å². The summed E-state index contributed by atoms with van der Waals surface area (Å²) >= 11 is 0. The summed E-state index contributed by atoms with van der Waals surface area (Å²) in [4.78, 5) is 35.8.